The van der Waals surface area contributed by atoms with Crippen LogP contribution in [0, 0.1) is 0 Å². The molecule has 102 valence electrons. The Morgan fingerprint density at radius 1 is 1.21 bits per heavy atom. The number of hydrogen-bond acceptors (Lipinski definition) is 3. The van der Waals surface area contributed by atoms with Gasteiger partial charge in [-0.1, -0.05) is 37.1 Å². The second kappa shape index (κ2) is 5.28. The molecule has 3 nitrogen and oxygen atoms in total. The maximum Gasteiger partial charge on any atom is 0.235 e. The highest BCUT2D eigenvalue weighted by atomic mass is 16.5. The van der Waals surface area contributed by atoms with Crippen molar-refractivity contribution in [2.75, 3.05) is 7.11 Å². The molecule has 0 amide bonds. The van der Waals surface area contributed by atoms with Crippen LogP contribution in [0.4, 0.5) is 0 Å². The Bertz CT molecular complexity index is 478. The maximum absolute atomic E-state index is 10.7. The molecule has 0 aliphatic heterocycles. The number of hydrogen-bond donors (Lipinski definition) is 0. The fraction of sp³-hybridized carbons (Fsp3) is 0.562. The zero-order chi connectivity index (χ0) is 13.9. The molecule has 0 bridgehead atoms. The van der Waals surface area contributed by atoms with Crippen LogP contribution in [0.5, 0.6) is 0 Å². The number of aliphatic imine (C=N–C) groups is 1. The number of carbonyl (C=O) groups excluding carboxylic acids is 1. The van der Waals surface area contributed by atoms with E-state index in [1.807, 2.05) is 13.8 Å². The lowest BCUT2D eigenvalue weighted by atomic mass is 9.87. The number of ether oxygens (including phenoxy) is 1. The highest BCUT2D eigenvalue weighted by molar-refractivity contribution is 5.40. The van der Waals surface area contributed by atoms with Gasteiger partial charge in [0, 0.05) is 7.11 Å². The predicted octanol–water partition coefficient (Wildman–Crippen LogP) is 3.67. The monoisotopic (exact) mass is 259 g/mol. The lowest BCUT2D eigenvalue weighted by Gasteiger charge is -2.26. The number of nitrogens with zero attached hydrogens (tertiary/aromatic N) is 1. The Morgan fingerprint density at radius 2 is 1.79 bits per heavy atom. The van der Waals surface area contributed by atoms with Crippen molar-refractivity contribution in [1.82, 2.24) is 0 Å². The van der Waals surface area contributed by atoms with Crippen LogP contribution in [0.2, 0.25) is 0 Å². The van der Waals surface area contributed by atoms with E-state index in [0.29, 0.717) is 0 Å². The fourth-order valence-corrected chi connectivity index (χ4v) is 2.81. The van der Waals surface area contributed by atoms with Crippen molar-refractivity contribution in [2.24, 2.45) is 4.99 Å². The standard InChI is InChI=1S/C16H21NO2/c1-15(2,19-3)13-6-8-14(9-7-13)16(17-12-18)10-4-5-11-16/h6-9H,4-5,10-11H2,1-3H3. The van der Waals surface area contributed by atoms with Crippen LogP contribution in [0.3, 0.4) is 0 Å². The first-order valence-electron chi connectivity index (χ1n) is 6.79. The lowest BCUT2D eigenvalue weighted by Crippen LogP contribution is -2.21. The van der Waals surface area contributed by atoms with Crippen LogP contribution in [-0.4, -0.2) is 13.2 Å². The molecule has 3 heteroatoms. The Kier molecular flexibility index (Phi) is 3.88. The summed E-state index contributed by atoms with van der Waals surface area (Å²) in [5, 5.41) is 0. The van der Waals surface area contributed by atoms with Gasteiger partial charge in [0.1, 0.15) is 0 Å². The van der Waals surface area contributed by atoms with Crippen molar-refractivity contribution >= 4 is 6.08 Å². The smallest absolute Gasteiger partial charge is 0.235 e. The predicted molar refractivity (Wildman–Crippen MR) is 74.7 cm³/mol. The zero-order valence-electron chi connectivity index (χ0n) is 11.9. The second-order valence-electron chi connectivity index (χ2n) is 5.73. The summed E-state index contributed by atoms with van der Waals surface area (Å²) in [7, 11) is 1.71. The molecule has 0 aromatic heterocycles. The summed E-state index contributed by atoms with van der Waals surface area (Å²) < 4.78 is 5.48. The van der Waals surface area contributed by atoms with Gasteiger partial charge in [-0.05, 0) is 37.8 Å². The molecule has 0 radical (unpaired) electrons. The first-order chi connectivity index (χ1) is 9.04. The fourth-order valence-electron chi connectivity index (χ4n) is 2.81. The Hall–Kier alpha value is -1.44. The summed E-state index contributed by atoms with van der Waals surface area (Å²) in [6.45, 7) is 4.08. The van der Waals surface area contributed by atoms with E-state index >= 15 is 0 Å². The van der Waals surface area contributed by atoms with Gasteiger partial charge in [0.25, 0.3) is 0 Å². The third-order valence-electron chi connectivity index (χ3n) is 4.32. The van der Waals surface area contributed by atoms with Crippen molar-refractivity contribution < 1.29 is 9.53 Å². The minimum absolute atomic E-state index is 0.296. The first kappa shape index (κ1) is 14.0. The molecule has 1 aliphatic rings. The lowest BCUT2D eigenvalue weighted by molar-refractivity contribution is 0.0192. The van der Waals surface area contributed by atoms with E-state index in [1.54, 1.807) is 13.2 Å². The van der Waals surface area contributed by atoms with Gasteiger partial charge in [-0.3, -0.25) is 0 Å². The van der Waals surface area contributed by atoms with Crippen LogP contribution in [-0.2, 0) is 20.7 Å². The van der Waals surface area contributed by atoms with Crippen molar-refractivity contribution in [3.05, 3.63) is 35.4 Å². The molecule has 1 fully saturated rings. The van der Waals surface area contributed by atoms with E-state index in [9.17, 15) is 4.79 Å². The molecule has 1 aromatic carbocycles. The van der Waals surface area contributed by atoms with Gasteiger partial charge in [-0.2, -0.15) is 4.99 Å². The topological polar surface area (TPSA) is 38.7 Å². The van der Waals surface area contributed by atoms with Crippen molar-refractivity contribution in [1.29, 1.82) is 0 Å². The van der Waals surface area contributed by atoms with Gasteiger partial charge < -0.3 is 4.74 Å². The van der Waals surface area contributed by atoms with Crippen LogP contribution in [0.25, 0.3) is 0 Å². The SMILES string of the molecule is COC(C)(C)c1ccc(C2(N=C=O)CCCC2)cc1. The summed E-state index contributed by atoms with van der Waals surface area (Å²) in [6, 6.07) is 8.28. The minimum Gasteiger partial charge on any atom is -0.374 e. The molecule has 1 aromatic rings. The minimum atomic E-state index is -0.336. The van der Waals surface area contributed by atoms with Crippen LogP contribution >= 0.6 is 0 Å². The zero-order valence-corrected chi connectivity index (χ0v) is 11.9. The van der Waals surface area contributed by atoms with Gasteiger partial charge in [-0.25, -0.2) is 4.79 Å². The highest BCUT2D eigenvalue weighted by Crippen LogP contribution is 2.42. The normalized spacial score (nSPS) is 18.1. The molecule has 1 aliphatic carbocycles. The van der Waals surface area contributed by atoms with Gasteiger partial charge in [0.15, 0.2) is 0 Å². The second-order valence-corrected chi connectivity index (χ2v) is 5.73. The molecular weight excluding hydrogens is 238 g/mol. The molecule has 0 N–H and O–H groups in total. The van der Waals surface area contributed by atoms with Gasteiger partial charge >= 0.3 is 0 Å². The Labute approximate surface area is 114 Å². The van der Waals surface area contributed by atoms with Crippen LogP contribution in [0.1, 0.15) is 50.7 Å². The molecular formula is C16H21NO2. The maximum atomic E-state index is 10.7. The third kappa shape index (κ3) is 2.63. The molecule has 0 spiro atoms. The highest BCUT2D eigenvalue weighted by Gasteiger charge is 2.35. The first-order valence-corrected chi connectivity index (χ1v) is 6.79. The molecule has 1 saturated carbocycles. The molecule has 0 unspecified atom stereocenters. The quantitative estimate of drug-likeness (QED) is 0.611. The summed E-state index contributed by atoms with van der Waals surface area (Å²) in [6.07, 6.45) is 5.88. The summed E-state index contributed by atoms with van der Waals surface area (Å²) in [4.78, 5) is 14.8. The molecule has 19 heavy (non-hydrogen) atoms. The van der Waals surface area contributed by atoms with Crippen molar-refractivity contribution in [3.63, 3.8) is 0 Å². The average Bonchev–Trinajstić information content (AvgIpc) is 2.89. The Balaban J connectivity index is 2.34. The molecule has 0 atom stereocenters. The van der Waals surface area contributed by atoms with Gasteiger partial charge in [0.2, 0.25) is 6.08 Å². The van der Waals surface area contributed by atoms with E-state index in [0.717, 1.165) is 36.8 Å². The van der Waals surface area contributed by atoms with E-state index < -0.39 is 0 Å². The molecule has 0 heterocycles. The van der Waals surface area contributed by atoms with E-state index in [-0.39, 0.29) is 11.1 Å². The van der Waals surface area contributed by atoms with Crippen molar-refractivity contribution in [3.8, 4) is 0 Å². The largest absolute Gasteiger partial charge is 0.374 e. The van der Waals surface area contributed by atoms with E-state index in [4.69, 9.17) is 4.74 Å². The molecule has 0 saturated heterocycles. The van der Waals surface area contributed by atoms with Gasteiger partial charge in [-0.15, -0.1) is 0 Å². The van der Waals surface area contributed by atoms with Gasteiger partial charge in [0.05, 0.1) is 11.1 Å². The summed E-state index contributed by atoms with van der Waals surface area (Å²) in [5.41, 5.74) is 1.61. The number of isocyanates is 1. The third-order valence-corrected chi connectivity index (χ3v) is 4.32. The summed E-state index contributed by atoms with van der Waals surface area (Å²) >= 11 is 0. The number of methoxy groups -OCH3 is 1. The average molecular weight is 259 g/mol. The van der Waals surface area contributed by atoms with E-state index in [1.165, 1.54) is 0 Å². The number of benzene rings is 1. The van der Waals surface area contributed by atoms with Crippen molar-refractivity contribution in [2.45, 2.75) is 50.7 Å². The Morgan fingerprint density at radius 3 is 2.26 bits per heavy atom. The van der Waals surface area contributed by atoms with Crippen LogP contribution in [0.15, 0.2) is 29.3 Å². The summed E-state index contributed by atoms with van der Waals surface area (Å²) in [5.74, 6) is 0. The van der Waals surface area contributed by atoms with Crippen LogP contribution < -0.4 is 0 Å². The molecule has 2 rings (SSSR count). The number of rotatable bonds is 4. The van der Waals surface area contributed by atoms with E-state index in [2.05, 4.69) is 29.3 Å².